The SMILES string of the molecule is COc1ccc([C@@H]2Sc3ccccc3N(CCN(C)C)C(=O)[C@@H]2OC(C)=O)cc1.Cl.[AlH3]. The Balaban J connectivity index is 0.00000240. The minimum atomic E-state index is -0.916. The first-order valence-electron chi connectivity index (χ1n) is 9.43. The highest BCUT2D eigenvalue weighted by molar-refractivity contribution is 7.99. The van der Waals surface area contributed by atoms with E-state index in [1.165, 1.54) is 6.92 Å². The predicted molar refractivity (Wildman–Crippen MR) is 132 cm³/mol. The summed E-state index contributed by atoms with van der Waals surface area (Å²) >= 11 is 1.54. The number of halogens is 1. The Morgan fingerprint density at radius 3 is 2.35 bits per heavy atom. The van der Waals surface area contributed by atoms with Crippen LogP contribution in [0.1, 0.15) is 17.7 Å². The smallest absolute Gasteiger partial charge is 0.303 e. The van der Waals surface area contributed by atoms with Gasteiger partial charge in [-0.3, -0.25) is 9.59 Å². The van der Waals surface area contributed by atoms with E-state index in [4.69, 9.17) is 9.47 Å². The fraction of sp³-hybridized carbons (Fsp3) is 0.364. The molecule has 0 spiro atoms. The highest BCUT2D eigenvalue weighted by atomic mass is 35.5. The van der Waals surface area contributed by atoms with Crippen LogP contribution in [0.4, 0.5) is 5.69 Å². The molecule has 0 aliphatic carbocycles. The zero-order chi connectivity index (χ0) is 21.0. The lowest BCUT2D eigenvalue weighted by Gasteiger charge is -2.28. The molecule has 0 N–H and O–H groups in total. The number of methoxy groups -OCH3 is 1. The molecule has 0 aromatic heterocycles. The van der Waals surface area contributed by atoms with Crippen LogP contribution in [0.25, 0.3) is 0 Å². The number of ether oxygens (including phenoxy) is 2. The van der Waals surface area contributed by atoms with Crippen molar-refractivity contribution in [3.05, 3.63) is 54.1 Å². The first-order chi connectivity index (χ1) is 13.9. The van der Waals surface area contributed by atoms with Gasteiger partial charge in [0.2, 0.25) is 0 Å². The molecule has 31 heavy (non-hydrogen) atoms. The third-order valence-electron chi connectivity index (χ3n) is 4.70. The number of rotatable bonds is 6. The predicted octanol–water partition coefficient (Wildman–Crippen LogP) is 2.61. The van der Waals surface area contributed by atoms with E-state index in [0.29, 0.717) is 13.1 Å². The quantitative estimate of drug-likeness (QED) is 0.468. The Morgan fingerprint density at radius 1 is 1.13 bits per heavy atom. The van der Waals surface area contributed by atoms with Gasteiger partial charge in [0, 0.05) is 24.9 Å². The summed E-state index contributed by atoms with van der Waals surface area (Å²) in [5.74, 6) is 0.0528. The number of thioether (sulfide) groups is 1. The lowest BCUT2D eigenvalue weighted by molar-refractivity contribution is -0.152. The van der Waals surface area contributed by atoms with Gasteiger partial charge in [-0.15, -0.1) is 24.2 Å². The van der Waals surface area contributed by atoms with E-state index in [1.54, 1.807) is 23.8 Å². The summed E-state index contributed by atoms with van der Waals surface area (Å²) < 4.78 is 10.8. The molecule has 0 saturated heterocycles. The van der Waals surface area contributed by atoms with Gasteiger partial charge < -0.3 is 19.3 Å². The molecule has 9 heteroatoms. The average Bonchev–Trinajstić information content (AvgIpc) is 2.81. The number of anilines is 1. The summed E-state index contributed by atoms with van der Waals surface area (Å²) in [4.78, 5) is 30.2. The molecule has 0 radical (unpaired) electrons. The van der Waals surface area contributed by atoms with Crippen LogP contribution in [0.15, 0.2) is 53.4 Å². The maximum Gasteiger partial charge on any atom is 0.303 e. The van der Waals surface area contributed by atoms with E-state index in [9.17, 15) is 9.59 Å². The molecular weight excluding hydrogens is 451 g/mol. The number of para-hydroxylation sites is 1. The largest absolute Gasteiger partial charge is 0.497 e. The second-order valence-electron chi connectivity index (χ2n) is 7.10. The average molecular weight is 481 g/mol. The van der Waals surface area contributed by atoms with Gasteiger partial charge in [0.1, 0.15) is 5.75 Å². The second-order valence-corrected chi connectivity index (χ2v) is 8.29. The fourth-order valence-electron chi connectivity index (χ4n) is 3.24. The number of nitrogens with zero attached hydrogens (tertiary/aromatic N) is 2. The van der Waals surface area contributed by atoms with Crippen LogP contribution in [0.2, 0.25) is 0 Å². The minimum Gasteiger partial charge on any atom is -0.497 e. The molecule has 2 aromatic carbocycles. The molecule has 2 aromatic rings. The van der Waals surface area contributed by atoms with Gasteiger partial charge in [-0.2, -0.15) is 0 Å². The first kappa shape index (κ1) is 27.3. The van der Waals surface area contributed by atoms with Gasteiger partial charge in [0.15, 0.2) is 23.5 Å². The highest BCUT2D eigenvalue weighted by Gasteiger charge is 2.40. The van der Waals surface area contributed by atoms with Crippen LogP contribution in [0.3, 0.4) is 0 Å². The first-order valence-corrected chi connectivity index (χ1v) is 10.3. The number of benzene rings is 2. The van der Waals surface area contributed by atoms with E-state index in [2.05, 4.69) is 0 Å². The van der Waals surface area contributed by atoms with Crippen molar-refractivity contribution in [2.45, 2.75) is 23.2 Å². The molecule has 1 aliphatic rings. The van der Waals surface area contributed by atoms with Crippen molar-refractivity contribution in [1.29, 1.82) is 0 Å². The third-order valence-corrected chi connectivity index (χ3v) is 6.07. The van der Waals surface area contributed by atoms with E-state index in [1.807, 2.05) is 67.5 Å². The number of carbonyl (C=O) groups excluding carboxylic acids is 2. The van der Waals surface area contributed by atoms with Crippen LogP contribution in [-0.4, -0.2) is 74.5 Å². The number of carbonyl (C=O) groups is 2. The van der Waals surface area contributed by atoms with Gasteiger partial charge in [-0.05, 0) is 43.9 Å². The Bertz CT molecular complexity index is 882. The number of fused-ring (bicyclic) bond motifs is 1. The highest BCUT2D eigenvalue weighted by Crippen LogP contribution is 2.46. The van der Waals surface area contributed by atoms with E-state index < -0.39 is 12.1 Å². The topological polar surface area (TPSA) is 59.1 Å². The zero-order valence-electron chi connectivity index (χ0n) is 17.5. The lowest BCUT2D eigenvalue weighted by atomic mass is 10.1. The maximum atomic E-state index is 13.6. The van der Waals surface area contributed by atoms with Crippen molar-refractivity contribution in [1.82, 2.24) is 4.90 Å². The Morgan fingerprint density at radius 2 is 1.77 bits per heavy atom. The van der Waals surface area contributed by atoms with Crippen molar-refractivity contribution in [3.8, 4) is 5.75 Å². The van der Waals surface area contributed by atoms with Crippen molar-refractivity contribution in [2.24, 2.45) is 0 Å². The zero-order valence-corrected chi connectivity index (χ0v) is 19.2. The van der Waals surface area contributed by atoms with Gasteiger partial charge in [0.05, 0.1) is 18.0 Å². The number of amides is 1. The molecule has 168 valence electrons. The minimum absolute atomic E-state index is 0. The van der Waals surface area contributed by atoms with Gasteiger partial charge in [-0.1, -0.05) is 24.3 Å². The molecule has 1 heterocycles. The Hall–Kier alpha value is -1.69. The number of hydrogen-bond acceptors (Lipinski definition) is 6. The molecule has 1 amide bonds. The molecule has 1 aliphatic heterocycles. The van der Waals surface area contributed by atoms with Gasteiger partial charge in [0.25, 0.3) is 5.91 Å². The lowest BCUT2D eigenvalue weighted by Crippen LogP contribution is -2.45. The summed E-state index contributed by atoms with van der Waals surface area (Å²) in [6.45, 7) is 2.55. The maximum absolute atomic E-state index is 13.6. The van der Waals surface area contributed by atoms with Crippen LogP contribution in [0.5, 0.6) is 5.75 Å². The second kappa shape index (κ2) is 12.4. The Labute approximate surface area is 204 Å². The molecule has 0 fully saturated rings. The standard InChI is InChI=1S/C22H26N2O4S.Al.ClH.3H/c1-15(25)28-20-21(16-9-11-17(27-4)12-10-16)29-19-8-6-5-7-18(19)24(22(20)26)14-13-23(2)3;;;;;/h5-12,20-21H,13-14H2,1-4H3;;1H;;;/t20-,21+;;;;;/m1...../s1. The Kier molecular flexibility index (Phi) is 10.9. The molecule has 0 saturated carbocycles. The summed E-state index contributed by atoms with van der Waals surface area (Å²) in [5, 5.41) is -0.359. The van der Waals surface area contributed by atoms with Crippen LogP contribution in [0, 0.1) is 0 Å². The molecule has 0 unspecified atom stereocenters. The van der Waals surface area contributed by atoms with Gasteiger partial charge in [-0.25, -0.2) is 0 Å². The van der Waals surface area contributed by atoms with E-state index in [0.717, 1.165) is 21.9 Å². The number of likely N-dealkylation sites (N-methyl/N-ethyl adjacent to an activating group) is 1. The summed E-state index contributed by atoms with van der Waals surface area (Å²) in [6.07, 6.45) is -0.916. The third kappa shape index (κ3) is 6.65. The van der Waals surface area contributed by atoms with Gasteiger partial charge >= 0.3 is 5.97 Å². The number of hydrogen-bond donors (Lipinski definition) is 0. The molecule has 0 bridgehead atoms. The van der Waals surface area contributed by atoms with Crippen LogP contribution >= 0.6 is 24.2 Å². The van der Waals surface area contributed by atoms with Crippen LogP contribution in [-0.2, 0) is 14.3 Å². The molecule has 6 nitrogen and oxygen atoms in total. The molecular formula is C22H30AlClN2O4S. The summed E-state index contributed by atoms with van der Waals surface area (Å²) in [5.41, 5.74) is 1.75. The van der Waals surface area contributed by atoms with Crippen molar-refractivity contribution in [3.63, 3.8) is 0 Å². The van der Waals surface area contributed by atoms with Crippen molar-refractivity contribution < 1.29 is 19.1 Å². The van der Waals surface area contributed by atoms with Crippen molar-refractivity contribution in [2.75, 3.05) is 39.2 Å². The summed E-state index contributed by atoms with van der Waals surface area (Å²) in [6, 6.07) is 15.4. The number of esters is 1. The van der Waals surface area contributed by atoms with Crippen molar-refractivity contribution >= 4 is 59.1 Å². The van der Waals surface area contributed by atoms with Crippen LogP contribution < -0.4 is 9.64 Å². The molecule has 3 rings (SSSR count). The van der Waals surface area contributed by atoms with E-state index >= 15 is 0 Å². The van der Waals surface area contributed by atoms with E-state index in [-0.39, 0.29) is 40.9 Å². The fourth-order valence-corrected chi connectivity index (χ4v) is 4.56. The summed E-state index contributed by atoms with van der Waals surface area (Å²) in [7, 11) is 5.54. The monoisotopic (exact) mass is 480 g/mol. The molecule has 2 atom stereocenters. The normalized spacial score (nSPS) is 17.7.